The average molecular weight is 210 g/mol. The maximum atomic E-state index is 4.71. The van der Waals surface area contributed by atoms with Gasteiger partial charge in [-0.15, -0.1) is 0 Å². The molecule has 0 bridgehead atoms. The van der Waals surface area contributed by atoms with Crippen LogP contribution in [0.3, 0.4) is 0 Å². The molecule has 0 radical (unpaired) electrons. The summed E-state index contributed by atoms with van der Waals surface area (Å²) < 4.78 is 4.71. The van der Waals surface area contributed by atoms with E-state index in [4.69, 9.17) is 4.63 Å². The number of nitrogens with zero attached hydrogens (tertiary/aromatic N) is 3. The number of aryl methyl sites for hydroxylation is 1. The van der Waals surface area contributed by atoms with Crippen LogP contribution in [0.25, 0.3) is 0 Å². The fourth-order valence-electron chi connectivity index (χ4n) is 2.16. The Labute approximate surface area is 89.8 Å². The van der Waals surface area contributed by atoms with Crippen LogP contribution in [0.15, 0.2) is 4.63 Å². The molecule has 84 valence electrons. The van der Waals surface area contributed by atoms with Crippen molar-refractivity contribution in [1.29, 1.82) is 0 Å². The lowest BCUT2D eigenvalue weighted by molar-refractivity contribution is 0.231. The van der Waals surface area contributed by atoms with Crippen LogP contribution in [0.4, 0.5) is 0 Å². The second kappa shape index (κ2) is 4.72. The molecule has 1 aromatic rings. The van der Waals surface area contributed by atoms with Gasteiger partial charge in [0.1, 0.15) is 11.4 Å². The van der Waals surface area contributed by atoms with Crippen LogP contribution < -0.4 is 5.32 Å². The third kappa shape index (κ3) is 2.35. The van der Waals surface area contributed by atoms with E-state index in [1.807, 2.05) is 14.0 Å². The highest BCUT2D eigenvalue weighted by molar-refractivity contribution is 5.05. The molecule has 1 aromatic heterocycles. The number of rotatable bonds is 4. The highest BCUT2D eigenvalue weighted by Gasteiger charge is 2.25. The topological polar surface area (TPSA) is 54.2 Å². The van der Waals surface area contributed by atoms with Crippen LogP contribution in [0, 0.1) is 6.92 Å². The van der Waals surface area contributed by atoms with E-state index in [0.717, 1.165) is 31.0 Å². The first-order valence-corrected chi connectivity index (χ1v) is 5.48. The zero-order chi connectivity index (χ0) is 10.7. The predicted octanol–water partition coefficient (Wildman–Crippen LogP) is 0.562. The third-order valence-electron chi connectivity index (χ3n) is 3.04. The van der Waals surface area contributed by atoms with Gasteiger partial charge in [-0.05, 0) is 33.4 Å². The van der Waals surface area contributed by atoms with E-state index in [2.05, 4.69) is 20.5 Å². The van der Waals surface area contributed by atoms with Crippen molar-refractivity contribution in [2.75, 3.05) is 20.1 Å². The molecule has 1 aliphatic rings. The molecule has 0 aromatic carbocycles. The quantitative estimate of drug-likeness (QED) is 0.787. The van der Waals surface area contributed by atoms with Gasteiger partial charge in [0.25, 0.3) is 0 Å². The van der Waals surface area contributed by atoms with Gasteiger partial charge in [0.2, 0.25) is 0 Å². The van der Waals surface area contributed by atoms with Crippen LogP contribution in [-0.4, -0.2) is 41.4 Å². The summed E-state index contributed by atoms with van der Waals surface area (Å²) in [6, 6.07) is 0.631. The molecule has 1 N–H and O–H groups in total. The molecule has 1 saturated heterocycles. The monoisotopic (exact) mass is 210 g/mol. The van der Waals surface area contributed by atoms with Crippen LogP contribution in [-0.2, 0) is 6.54 Å². The molecule has 1 unspecified atom stereocenters. The Balaban J connectivity index is 1.96. The van der Waals surface area contributed by atoms with Crippen molar-refractivity contribution >= 4 is 0 Å². The molecule has 1 fully saturated rings. The number of nitrogens with one attached hydrogen (secondary N) is 1. The summed E-state index contributed by atoms with van der Waals surface area (Å²) in [6.45, 7) is 5.00. The van der Waals surface area contributed by atoms with Crippen LogP contribution in [0.1, 0.15) is 24.2 Å². The summed E-state index contributed by atoms with van der Waals surface area (Å²) in [5.41, 5.74) is 1.88. The van der Waals surface area contributed by atoms with Crippen molar-refractivity contribution in [3.8, 4) is 0 Å². The van der Waals surface area contributed by atoms with Gasteiger partial charge in [-0.1, -0.05) is 10.3 Å². The number of aromatic nitrogens is 2. The summed E-state index contributed by atoms with van der Waals surface area (Å²) >= 11 is 0. The van der Waals surface area contributed by atoms with Crippen molar-refractivity contribution in [2.24, 2.45) is 0 Å². The molecule has 0 aliphatic carbocycles. The molecule has 2 heterocycles. The Hall–Kier alpha value is -0.940. The fourth-order valence-corrected chi connectivity index (χ4v) is 2.16. The Bertz CT molecular complexity index is 312. The average Bonchev–Trinajstić information content (AvgIpc) is 2.80. The Morgan fingerprint density at radius 1 is 1.53 bits per heavy atom. The molecule has 0 amide bonds. The van der Waals surface area contributed by atoms with E-state index in [-0.39, 0.29) is 0 Å². The van der Waals surface area contributed by atoms with Crippen molar-refractivity contribution in [2.45, 2.75) is 32.4 Å². The molecular weight excluding hydrogens is 192 g/mol. The predicted molar refractivity (Wildman–Crippen MR) is 56.4 cm³/mol. The molecule has 5 nitrogen and oxygen atoms in total. The Kier molecular flexibility index (Phi) is 3.33. The second-order valence-corrected chi connectivity index (χ2v) is 4.12. The van der Waals surface area contributed by atoms with E-state index in [1.165, 1.54) is 12.8 Å². The lowest BCUT2D eigenvalue weighted by atomic mass is 10.2. The molecular formula is C10H18N4O. The first kappa shape index (κ1) is 10.6. The summed E-state index contributed by atoms with van der Waals surface area (Å²) in [7, 11) is 2.00. The number of hydrogen-bond acceptors (Lipinski definition) is 5. The van der Waals surface area contributed by atoms with E-state index in [1.54, 1.807) is 0 Å². The fraction of sp³-hybridized carbons (Fsp3) is 0.800. The van der Waals surface area contributed by atoms with Crippen LogP contribution in [0.2, 0.25) is 0 Å². The minimum atomic E-state index is 0.631. The second-order valence-electron chi connectivity index (χ2n) is 4.12. The van der Waals surface area contributed by atoms with E-state index >= 15 is 0 Å². The van der Waals surface area contributed by atoms with Crippen LogP contribution >= 0.6 is 0 Å². The van der Waals surface area contributed by atoms with Gasteiger partial charge < -0.3 is 5.32 Å². The molecule has 15 heavy (non-hydrogen) atoms. The largest absolute Gasteiger partial charge is 0.318 e. The summed E-state index contributed by atoms with van der Waals surface area (Å²) in [5.74, 6) is 0. The van der Waals surface area contributed by atoms with Gasteiger partial charge in [0, 0.05) is 19.1 Å². The first-order valence-electron chi connectivity index (χ1n) is 5.48. The van der Waals surface area contributed by atoms with Gasteiger partial charge >= 0.3 is 0 Å². The van der Waals surface area contributed by atoms with Crippen molar-refractivity contribution in [3.63, 3.8) is 0 Å². The van der Waals surface area contributed by atoms with Crippen LogP contribution in [0.5, 0.6) is 0 Å². The smallest absolute Gasteiger partial charge is 0.122 e. The summed E-state index contributed by atoms with van der Waals surface area (Å²) in [4.78, 5) is 2.45. The number of hydrogen-bond donors (Lipinski definition) is 1. The first-order chi connectivity index (χ1) is 7.31. The molecule has 2 rings (SSSR count). The van der Waals surface area contributed by atoms with Gasteiger partial charge in [-0.3, -0.25) is 4.90 Å². The molecule has 5 heteroatoms. The zero-order valence-corrected chi connectivity index (χ0v) is 9.36. The molecule has 0 saturated carbocycles. The lowest BCUT2D eigenvalue weighted by Crippen LogP contribution is -2.36. The number of likely N-dealkylation sites (tertiary alicyclic amines) is 1. The maximum Gasteiger partial charge on any atom is 0.122 e. The maximum absolute atomic E-state index is 4.71. The van der Waals surface area contributed by atoms with Gasteiger partial charge in [0.15, 0.2) is 0 Å². The highest BCUT2D eigenvalue weighted by atomic mass is 16.6. The standard InChI is InChI=1S/C10H18N4O/c1-8-10(13-15-12-8)7-14-5-3-4-9(14)6-11-2/h9,11H,3-7H2,1-2H3. The van der Waals surface area contributed by atoms with Gasteiger partial charge in [-0.2, -0.15) is 0 Å². The van der Waals surface area contributed by atoms with E-state index in [0.29, 0.717) is 6.04 Å². The molecule has 1 aliphatic heterocycles. The minimum absolute atomic E-state index is 0.631. The van der Waals surface area contributed by atoms with Gasteiger partial charge in [-0.25, -0.2) is 4.63 Å². The molecule has 0 spiro atoms. The summed E-state index contributed by atoms with van der Waals surface area (Å²) in [5, 5.41) is 11.0. The number of likely N-dealkylation sites (N-methyl/N-ethyl adjacent to an activating group) is 1. The van der Waals surface area contributed by atoms with Crippen molar-refractivity contribution in [1.82, 2.24) is 20.5 Å². The van der Waals surface area contributed by atoms with E-state index in [9.17, 15) is 0 Å². The summed E-state index contributed by atoms with van der Waals surface area (Å²) in [6.07, 6.45) is 2.54. The van der Waals surface area contributed by atoms with Crippen molar-refractivity contribution in [3.05, 3.63) is 11.4 Å². The Morgan fingerprint density at radius 2 is 2.40 bits per heavy atom. The molecule has 1 atom stereocenters. The Morgan fingerprint density at radius 3 is 3.07 bits per heavy atom. The lowest BCUT2D eigenvalue weighted by Gasteiger charge is -2.22. The zero-order valence-electron chi connectivity index (χ0n) is 9.36. The van der Waals surface area contributed by atoms with E-state index < -0.39 is 0 Å². The normalized spacial score (nSPS) is 22.4. The SMILES string of the molecule is CNCC1CCCN1Cc1nonc1C. The van der Waals surface area contributed by atoms with Gasteiger partial charge in [0.05, 0.1) is 0 Å². The highest BCUT2D eigenvalue weighted by Crippen LogP contribution is 2.19. The minimum Gasteiger partial charge on any atom is -0.318 e. The third-order valence-corrected chi connectivity index (χ3v) is 3.04. The van der Waals surface area contributed by atoms with Crippen molar-refractivity contribution < 1.29 is 4.63 Å².